The van der Waals surface area contributed by atoms with Gasteiger partial charge in [-0.25, -0.2) is 4.98 Å². The summed E-state index contributed by atoms with van der Waals surface area (Å²) in [5.74, 6) is -0.0436. The molecule has 2 aromatic carbocycles. The van der Waals surface area contributed by atoms with Crippen LogP contribution in [0.5, 0.6) is 5.75 Å². The number of benzene rings is 2. The van der Waals surface area contributed by atoms with Crippen molar-refractivity contribution in [2.24, 2.45) is 0 Å². The third-order valence-corrected chi connectivity index (χ3v) is 9.34. The zero-order chi connectivity index (χ0) is 32.3. The molecule has 2 fully saturated rings. The van der Waals surface area contributed by atoms with Gasteiger partial charge in [-0.1, -0.05) is 12.1 Å². The molecule has 242 valence electrons. The average molecular weight is 636 g/mol. The number of imide groups is 1. The van der Waals surface area contributed by atoms with E-state index in [9.17, 15) is 19.2 Å². The van der Waals surface area contributed by atoms with Gasteiger partial charge in [0.15, 0.2) is 0 Å². The molecule has 4 amide bonds. The maximum atomic E-state index is 12.9. The molecule has 7 rings (SSSR count). The van der Waals surface area contributed by atoms with Crippen LogP contribution in [0.1, 0.15) is 73.3 Å². The highest BCUT2D eigenvalue weighted by atomic mass is 16.5. The molecule has 0 radical (unpaired) electrons. The number of rotatable bonds is 10. The number of para-hydroxylation sites is 2. The Hall–Kier alpha value is -5.13. The van der Waals surface area contributed by atoms with Gasteiger partial charge in [-0.2, -0.15) is 5.10 Å². The van der Waals surface area contributed by atoms with Gasteiger partial charge in [-0.05, 0) is 74.4 Å². The van der Waals surface area contributed by atoms with Gasteiger partial charge in [-0.15, -0.1) is 0 Å². The third-order valence-electron chi connectivity index (χ3n) is 9.34. The summed E-state index contributed by atoms with van der Waals surface area (Å²) in [5, 5.41) is 6.93. The molecule has 3 aliphatic rings. The van der Waals surface area contributed by atoms with Crippen molar-refractivity contribution in [2.75, 3.05) is 19.7 Å². The van der Waals surface area contributed by atoms with Gasteiger partial charge in [0.2, 0.25) is 17.7 Å². The number of fused-ring (bicyclic) bond motifs is 2. The van der Waals surface area contributed by atoms with Crippen LogP contribution in [0.2, 0.25) is 0 Å². The second-order valence-electron chi connectivity index (χ2n) is 12.4. The van der Waals surface area contributed by atoms with Crippen LogP contribution < -0.4 is 10.1 Å². The summed E-state index contributed by atoms with van der Waals surface area (Å²) in [6.45, 7) is 2.28. The second kappa shape index (κ2) is 13.3. The van der Waals surface area contributed by atoms with Gasteiger partial charge >= 0.3 is 0 Å². The molecule has 5 heterocycles. The number of likely N-dealkylation sites (tertiary alicyclic amines) is 1. The van der Waals surface area contributed by atoms with Crippen LogP contribution in [0.25, 0.3) is 22.3 Å². The molecule has 12 nitrogen and oxygen atoms in total. The normalized spacial score (nSPS) is 18.5. The zero-order valence-electron chi connectivity index (χ0n) is 26.1. The lowest BCUT2D eigenvalue weighted by atomic mass is 10.0. The monoisotopic (exact) mass is 635 g/mol. The quantitative estimate of drug-likeness (QED) is 0.203. The zero-order valence-corrected chi connectivity index (χ0v) is 26.1. The van der Waals surface area contributed by atoms with E-state index in [1.54, 1.807) is 18.3 Å². The molecule has 0 bridgehead atoms. The number of aromatic nitrogens is 4. The number of hydrogen-bond acceptors (Lipinski definition) is 8. The number of unbranched alkanes of at least 4 members (excludes halogenated alkanes) is 2. The Kier molecular flexibility index (Phi) is 8.64. The minimum atomic E-state index is -0.631. The number of hydrogen-bond donors (Lipinski definition) is 1. The first kappa shape index (κ1) is 30.5. The van der Waals surface area contributed by atoms with Crippen LogP contribution in [-0.2, 0) is 20.9 Å². The van der Waals surface area contributed by atoms with Crippen molar-refractivity contribution in [1.29, 1.82) is 0 Å². The molecule has 0 spiro atoms. The SMILES string of the molecule is O=C1CCC(N2Cc3cc(OCCCCCC(=O)N4CCC(n5cc(-c6cnc7ccccc7n6)cn5)CC4)ccc3C2=O)C(=O)N1. The van der Waals surface area contributed by atoms with Gasteiger partial charge in [-0.3, -0.25) is 34.2 Å². The molecule has 47 heavy (non-hydrogen) atoms. The van der Waals surface area contributed by atoms with E-state index in [1.807, 2.05) is 52.3 Å². The van der Waals surface area contributed by atoms with E-state index in [-0.39, 0.29) is 30.2 Å². The molecule has 0 aliphatic carbocycles. The number of carbonyl (C=O) groups is 4. The van der Waals surface area contributed by atoms with Crippen molar-refractivity contribution >= 4 is 34.7 Å². The van der Waals surface area contributed by atoms with Crippen LogP contribution in [0, 0.1) is 0 Å². The van der Waals surface area contributed by atoms with E-state index in [0.717, 1.165) is 73.0 Å². The van der Waals surface area contributed by atoms with Crippen LogP contribution in [0.3, 0.4) is 0 Å². The van der Waals surface area contributed by atoms with Gasteiger partial charge < -0.3 is 14.5 Å². The molecular weight excluding hydrogens is 598 g/mol. The summed E-state index contributed by atoms with van der Waals surface area (Å²) in [4.78, 5) is 62.3. The first-order chi connectivity index (χ1) is 22.9. The highest BCUT2D eigenvalue weighted by molar-refractivity contribution is 6.05. The number of carbonyl (C=O) groups excluding carboxylic acids is 4. The summed E-state index contributed by atoms with van der Waals surface area (Å²) in [6, 6.07) is 12.8. The van der Waals surface area contributed by atoms with Crippen molar-refractivity contribution in [3.63, 3.8) is 0 Å². The summed E-state index contributed by atoms with van der Waals surface area (Å²) in [7, 11) is 0. The van der Waals surface area contributed by atoms with Crippen molar-refractivity contribution in [2.45, 2.75) is 70.0 Å². The topological polar surface area (TPSA) is 140 Å². The molecule has 12 heteroatoms. The summed E-state index contributed by atoms with van der Waals surface area (Å²) < 4.78 is 7.94. The van der Waals surface area contributed by atoms with Gasteiger partial charge in [0.1, 0.15) is 11.8 Å². The molecule has 2 saturated heterocycles. The minimum Gasteiger partial charge on any atom is -0.494 e. The lowest BCUT2D eigenvalue weighted by Crippen LogP contribution is -2.52. The number of amides is 4. The Bertz CT molecular complexity index is 1830. The highest BCUT2D eigenvalue weighted by Crippen LogP contribution is 2.30. The maximum Gasteiger partial charge on any atom is 0.255 e. The van der Waals surface area contributed by atoms with E-state index >= 15 is 0 Å². The van der Waals surface area contributed by atoms with Crippen LogP contribution in [-0.4, -0.2) is 78.9 Å². The molecule has 2 aromatic heterocycles. The van der Waals surface area contributed by atoms with Crippen LogP contribution in [0.15, 0.2) is 61.1 Å². The van der Waals surface area contributed by atoms with E-state index < -0.39 is 11.9 Å². The minimum absolute atomic E-state index is 0.195. The Morgan fingerprint density at radius 2 is 1.79 bits per heavy atom. The summed E-state index contributed by atoms with van der Waals surface area (Å²) >= 11 is 0. The van der Waals surface area contributed by atoms with E-state index in [4.69, 9.17) is 9.72 Å². The first-order valence-electron chi connectivity index (χ1n) is 16.4. The fraction of sp³-hybridized carbons (Fsp3) is 0.400. The van der Waals surface area contributed by atoms with Crippen molar-refractivity contribution in [1.82, 2.24) is 34.9 Å². The molecule has 0 saturated carbocycles. The van der Waals surface area contributed by atoms with Gasteiger partial charge in [0.25, 0.3) is 5.91 Å². The molecule has 4 aromatic rings. The molecule has 3 aliphatic heterocycles. The number of ether oxygens (including phenoxy) is 1. The second-order valence-corrected chi connectivity index (χ2v) is 12.4. The summed E-state index contributed by atoms with van der Waals surface area (Å²) in [5.41, 5.74) is 4.85. The molecule has 1 atom stereocenters. The largest absolute Gasteiger partial charge is 0.494 e. The number of nitrogens with one attached hydrogen (secondary N) is 1. The molecule has 1 unspecified atom stereocenters. The summed E-state index contributed by atoms with van der Waals surface area (Å²) in [6.07, 6.45) is 11.0. The van der Waals surface area contributed by atoms with Crippen molar-refractivity contribution in [3.05, 3.63) is 72.2 Å². The Balaban J connectivity index is 0.810. The Morgan fingerprint density at radius 1 is 0.957 bits per heavy atom. The average Bonchev–Trinajstić information content (AvgIpc) is 3.71. The lowest BCUT2D eigenvalue weighted by Gasteiger charge is -2.32. The highest BCUT2D eigenvalue weighted by Gasteiger charge is 2.39. The lowest BCUT2D eigenvalue weighted by molar-refractivity contribution is -0.137. The standard InChI is InChI=1S/C35H37N7O5/c43-32-12-11-31(34(45)39-32)41-21-23-18-26(9-10-27(23)35(41)46)47-17-5-1-2-8-33(44)40-15-13-25(14-16-40)42-22-24(19-37-42)30-20-36-28-6-3-4-7-29(28)38-30/h3-4,6-7,9-10,18-20,22,25,31H,1-2,5,8,11-17,21H2,(H,39,43,45). The van der Waals surface area contributed by atoms with Crippen molar-refractivity contribution < 1.29 is 23.9 Å². The predicted molar refractivity (Wildman–Crippen MR) is 172 cm³/mol. The van der Waals surface area contributed by atoms with E-state index in [1.165, 1.54) is 4.90 Å². The van der Waals surface area contributed by atoms with Gasteiger partial charge in [0.05, 0.1) is 41.8 Å². The van der Waals surface area contributed by atoms with Crippen LogP contribution >= 0.6 is 0 Å². The smallest absolute Gasteiger partial charge is 0.255 e. The molecule has 1 N–H and O–H groups in total. The van der Waals surface area contributed by atoms with Gasteiger partial charge in [0, 0.05) is 49.8 Å². The van der Waals surface area contributed by atoms with E-state index in [2.05, 4.69) is 15.4 Å². The first-order valence-corrected chi connectivity index (χ1v) is 16.4. The van der Waals surface area contributed by atoms with Crippen molar-refractivity contribution in [3.8, 4) is 17.0 Å². The maximum absolute atomic E-state index is 12.9. The molecular formula is C35H37N7O5. The van der Waals surface area contributed by atoms with Crippen LogP contribution in [0.4, 0.5) is 0 Å². The predicted octanol–water partition coefficient (Wildman–Crippen LogP) is 4.06. The third kappa shape index (κ3) is 6.58. The number of piperidine rings is 2. The Morgan fingerprint density at radius 3 is 2.62 bits per heavy atom. The fourth-order valence-electron chi connectivity index (χ4n) is 6.69. The van der Waals surface area contributed by atoms with E-state index in [0.29, 0.717) is 37.3 Å². The Labute approximate surface area is 272 Å². The fourth-order valence-corrected chi connectivity index (χ4v) is 6.69. The number of nitrogens with zero attached hydrogens (tertiary/aromatic N) is 6.